The molecule has 10 aromatic rings. The molecule has 0 saturated carbocycles. The second-order valence-corrected chi connectivity index (χ2v) is 15.4. The Hall–Kier alpha value is -5.22. The van der Waals surface area contributed by atoms with Gasteiger partial charge in [0.1, 0.15) is 0 Å². The van der Waals surface area contributed by atoms with Crippen molar-refractivity contribution in [2.24, 2.45) is 5.92 Å². The van der Waals surface area contributed by atoms with Crippen molar-refractivity contribution in [3.63, 3.8) is 0 Å². The van der Waals surface area contributed by atoms with Crippen LogP contribution in [0.3, 0.4) is 0 Å². The van der Waals surface area contributed by atoms with Crippen molar-refractivity contribution in [1.29, 1.82) is 0 Å². The highest BCUT2D eigenvalue weighted by Crippen LogP contribution is 2.46. The lowest BCUT2D eigenvalue weighted by Gasteiger charge is -2.25. The minimum Gasteiger partial charge on any atom is -0.308 e. The summed E-state index contributed by atoms with van der Waals surface area (Å²) in [4.78, 5) is 0. The second kappa shape index (κ2) is 9.90. The maximum absolute atomic E-state index is 2.54. The average Bonchev–Trinajstić information content (AvgIpc) is 3.83. The van der Waals surface area contributed by atoms with E-state index < -0.39 is 0 Å². The molecule has 0 fully saturated rings. The minimum atomic E-state index is 0.320. The maximum atomic E-state index is 2.54. The van der Waals surface area contributed by atoms with Crippen LogP contribution in [0.5, 0.6) is 0 Å². The number of allylic oxidation sites excluding steroid dienone is 4. The van der Waals surface area contributed by atoms with Gasteiger partial charge in [-0.15, -0.1) is 22.7 Å². The molecule has 4 heterocycles. The van der Waals surface area contributed by atoms with Gasteiger partial charge in [-0.3, -0.25) is 0 Å². The molecule has 1 nitrogen and oxygen atoms in total. The predicted molar refractivity (Wildman–Crippen MR) is 211 cm³/mol. The Morgan fingerprint density at radius 1 is 0.542 bits per heavy atom. The van der Waals surface area contributed by atoms with Crippen LogP contribution in [0.1, 0.15) is 24.1 Å². The standard InChI is InChI=1S/C45H29NS2/c1-26-23-29(17-20-30(26)34-14-8-15-35-33-13-6-7-16-41(33)47-44(34)35)39-25-37-43-32-12-5-3-10-28(32)19-22-42(43)48-45(37)40-24-36-31-11-4-2-9-27(31)18-21-38(36)46(39)40/h2-26,30H,1H3. The third kappa shape index (κ3) is 3.66. The monoisotopic (exact) mass is 647 g/mol. The van der Waals surface area contributed by atoms with Crippen molar-refractivity contribution in [3.05, 3.63) is 157 Å². The van der Waals surface area contributed by atoms with E-state index in [1.807, 2.05) is 22.7 Å². The predicted octanol–water partition coefficient (Wildman–Crippen LogP) is 13.5. The van der Waals surface area contributed by atoms with Crippen molar-refractivity contribution in [3.8, 4) is 0 Å². The van der Waals surface area contributed by atoms with Gasteiger partial charge in [-0.05, 0) is 68.9 Å². The summed E-state index contributed by atoms with van der Waals surface area (Å²) in [7, 11) is 0. The molecule has 6 aromatic carbocycles. The molecule has 0 amide bonds. The summed E-state index contributed by atoms with van der Waals surface area (Å²) in [5.41, 5.74) is 6.54. The molecule has 48 heavy (non-hydrogen) atoms. The molecule has 0 spiro atoms. The highest BCUT2D eigenvalue weighted by atomic mass is 32.1. The number of rotatable bonds is 2. The fourth-order valence-electron chi connectivity index (χ4n) is 8.44. The van der Waals surface area contributed by atoms with Gasteiger partial charge in [0.15, 0.2) is 0 Å². The van der Waals surface area contributed by atoms with Gasteiger partial charge in [0.2, 0.25) is 0 Å². The third-order valence-corrected chi connectivity index (χ3v) is 13.1. The molecule has 11 rings (SSSR count). The number of aromatic nitrogens is 1. The quantitative estimate of drug-likeness (QED) is 0.176. The van der Waals surface area contributed by atoms with Crippen molar-refractivity contribution in [2.75, 3.05) is 0 Å². The zero-order valence-electron chi connectivity index (χ0n) is 26.3. The van der Waals surface area contributed by atoms with E-state index in [4.69, 9.17) is 0 Å². The Balaban J connectivity index is 1.17. The Morgan fingerprint density at radius 3 is 2.15 bits per heavy atom. The summed E-state index contributed by atoms with van der Waals surface area (Å²) in [6, 6.07) is 47.5. The van der Waals surface area contributed by atoms with E-state index in [-0.39, 0.29) is 0 Å². The van der Waals surface area contributed by atoms with E-state index in [2.05, 4.69) is 157 Å². The number of nitrogens with zero attached hydrogens (tertiary/aromatic N) is 1. The Bertz CT molecular complexity index is 3040. The smallest absolute Gasteiger partial charge is 0.0647 e. The maximum Gasteiger partial charge on any atom is 0.0647 e. The fraction of sp³-hybridized carbons (Fsp3) is 0.0667. The normalized spacial score (nSPS) is 16.9. The minimum absolute atomic E-state index is 0.320. The summed E-state index contributed by atoms with van der Waals surface area (Å²) < 4.78 is 8.02. The largest absolute Gasteiger partial charge is 0.308 e. The van der Waals surface area contributed by atoms with E-state index in [0.717, 1.165) is 0 Å². The number of pyridine rings is 1. The van der Waals surface area contributed by atoms with Gasteiger partial charge in [0.25, 0.3) is 0 Å². The Labute approximate surface area is 285 Å². The van der Waals surface area contributed by atoms with Gasteiger partial charge in [-0.25, -0.2) is 0 Å². The van der Waals surface area contributed by atoms with E-state index in [9.17, 15) is 0 Å². The zero-order valence-corrected chi connectivity index (χ0v) is 27.9. The first kappa shape index (κ1) is 26.8. The molecule has 0 radical (unpaired) electrons. The van der Waals surface area contributed by atoms with Gasteiger partial charge in [0, 0.05) is 46.9 Å². The van der Waals surface area contributed by atoms with Crippen LogP contribution in [-0.4, -0.2) is 4.40 Å². The van der Waals surface area contributed by atoms with Crippen LogP contribution in [0, 0.1) is 5.92 Å². The summed E-state index contributed by atoms with van der Waals surface area (Å²) >= 11 is 3.86. The van der Waals surface area contributed by atoms with Crippen molar-refractivity contribution in [2.45, 2.75) is 12.8 Å². The van der Waals surface area contributed by atoms with Gasteiger partial charge in [-0.2, -0.15) is 0 Å². The van der Waals surface area contributed by atoms with Gasteiger partial charge in [-0.1, -0.05) is 122 Å². The van der Waals surface area contributed by atoms with Crippen molar-refractivity contribution >= 4 is 107 Å². The van der Waals surface area contributed by atoms with Crippen LogP contribution >= 0.6 is 22.7 Å². The van der Waals surface area contributed by atoms with Crippen LogP contribution in [-0.2, 0) is 0 Å². The highest BCUT2D eigenvalue weighted by molar-refractivity contribution is 7.27. The molecule has 226 valence electrons. The summed E-state index contributed by atoms with van der Waals surface area (Å²) in [6.07, 6.45) is 7.39. The average molecular weight is 648 g/mol. The van der Waals surface area contributed by atoms with Crippen LogP contribution in [0.25, 0.3) is 83.9 Å². The molecule has 1 aliphatic carbocycles. The second-order valence-electron chi connectivity index (χ2n) is 13.3. The van der Waals surface area contributed by atoms with Crippen LogP contribution in [0.4, 0.5) is 0 Å². The van der Waals surface area contributed by atoms with Crippen LogP contribution in [0.2, 0.25) is 0 Å². The molecule has 2 atom stereocenters. The highest BCUT2D eigenvalue weighted by Gasteiger charge is 2.25. The third-order valence-electron chi connectivity index (χ3n) is 10.7. The Morgan fingerprint density at radius 2 is 1.27 bits per heavy atom. The molecule has 3 heteroatoms. The molecule has 2 unspecified atom stereocenters. The SMILES string of the molecule is CC1C=C(c2cc3c(sc4ccc5ccccc5c43)c3cc4c5ccccc5ccc4n23)C=CC1c1cccc2c1sc1ccccc12. The molecule has 0 bridgehead atoms. The van der Waals surface area contributed by atoms with Crippen molar-refractivity contribution < 1.29 is 0 Å². The summed E-state index contributed by atoms with van der Waals surface area (Å²) in [6.45, 7) is 2.39. The topological polar surface area (TPSA) is 4.41 Å². The fourth-order valence-corrected chi connectivity index (χ4v) is 10.9. The lowest BCUT2D eigenvalue weighted by molar-refractivity contribution is 0.642. The van der Waals surface area contributed by atoms with Crippen molar-refractivity contribution in [1.82, 2.24) is 4.40 Å². The number of hydrogen-bond acceptors (Lipinski definition) is 2. The summed E-state index contributed by atoms with van der Waals surface area (Å²) in [5, 5.41) is 12.0. The summed E-state index contributed by atoms with van der Waals surface area (Å²) in [5.74, 6) is 0.662. The van der Waals surface area contributed by atoms with Crippen LogP contribution in [0.15, 0.2) is 146 Å². The Kier molecular flexibility index (Phi) is 5.53. The molecular weight excluding hydrogens is 619 g/mol. The first-order valence-electron chi connectivity index (χ1n) is 16.7. The van der Waals surface area contributed by atoms with Gasteiger partial charge in [0.05, 0.1) is 21.4 Å². The number of fused-ring (bicyclic) bond motifs is 14. The van der Waals surface area contributed by atoms with E-state index >= 15 is 0 Å². The molecule has 4 aromatic heterocycles. The first-order valence-corrected chi connectivity index (χ1v) is 18.3. The number of thiophene rings is 2. The molecule has 0 aliphatic heterocycles. The first-order chi connectivity index (χ1) is 23.7. The van der Waals surface area contributed by atoms with Gasteiger partial charge < -0.3 is 4.40 Å². The van der Waals surface area contributed by atoms with Gasteiger partial charge >= 0.3 is 0 Å². The van der Waals surface area contributed by atoms with Crippen LogP contribution < -0.4 is 0 Å². The van der Waals surface area contributed by atoms with E-state index in [0.29, 0.717) is 11.8 Å². The zero-order chi connectivity index (χ0) is 31.5. The molecule has 1 aliphatic rings. The lowest BCUT2D eigenvalue weighted by Crippen LogP contribution is -2.10. The molecular formula is C45H29NS2. The number of benzene rings is 6. The van der Waals surface area contributed by atoms with E-state index in [1.165, 1.54) is 95.1 Å². The molecule has 0 N–H and O–H groups in total. The molecule has 0 saturated heterocycles. The van der Waals surface area contributed by atoms with E-state index in [1.54, 1.807) is 0 Å². The number of hydrogen-bond donors (Lipinski definition) is 0. The lowest BCUT2D eigenvalue weighted by atomic mass is 9.81.